The van der Waals surface area contributed by atoms with Crippen molar-refractivity contribution in [2.45, 2.75) is 69.2 Å². The zero-order valence-electron chi connectivity index (χ0n) is 13.6. The van der Waals surface area contributed by atoms with Crippen molar-refractivity contribution in [3.8, 4) is 0 Å². The fraction of sp³-hybridized carbons (Fsp3) is 0.579. The monoisotopic (exact) mass is 314 g/mol. The summed E-state index contributed by atoms with van der Waals surface area (Å²) in [5.74, 6) is -0.252. The van der Waals surface area contributed by atoms with E-state index in [1.165, 1.54) is 19.3 Å². The van der Waals surface area contributed by atoms with Gasteiger partial charge >= 0.3 is 0 Å². The maximum atomic E-state index is 12.4. The molecule has 0 saturated heterocycles. The molecule has 3 N–H and O–H groups in total. The van der Waals surface area contributed by atoms with Gasteiger partial charge < -0.3 is 11.1 Å². The second-order valence-corrected chi connectivity index (χ2v) is 7.04. The normalized spacial score (nSPS) is 21.0. The van der Waals surface area contributed by atoms with Gasteiger partial charge in [0, 0.05) is 11.6 Å². The van der Waals surface area contributed by atoms with Gasteiger partial charge in [0.05, 0.1) is 5.41 Å². The first-order valence-corrected chi connectivity index (χ1v) is 8.83. The third-order valence-corrected chi connectivity index (χ3v) is 5.57. The lowest BCUT2D eigenvalue weighted by molar-refractivity contribution is -0.123. The molecule has 2 aliphatic rings. The molecule has 23 heavy (non-hydrogen) atoms. The van der Waals surface area contributed by atoms with Crippen molar-refractivity contribution >= 4 is 11.8 Å². The SMILES string of the molecule is NC(=O)C1(c2ccc(C(=O)NC3CCCCC3)cc2)CCCC1. The topological polar surface area (TPSA) is 72.2 Å². The standard InChI is InChI=1S/C19H26N2O2/c20-18(23)19(12-4-5-13-19)15-10-8-14(9-11-15)17(22)21-16-6-2-1-3-7-16/h8-11,16H,1-7,12-13H2,(H2,20,23)(H,21,22). The minimum atomic E-state index is -0.529. The molecule has 4 heteroatoms. The number of carbonyl (C=O) groups is 2. The Kier molecular flexibility index (Phi) is 4.69. The smallest absolute Gasteiger partial charge is 0.251 e. The lowest BCUT2D eigenvalue weighted by atomic mass is 9.78. The molecule has 2 amide bonds. The van der Waals surface area contributed by atoms with Crippen molar-refractivity contribution < 1.29 is 9.59 Å². The Morgan fingerprint density at radius 1 is 0.957 bits per heavy atom. The Bertz CT molecular complexity index is 568. The van der Waals surface area contributed by atoms with Gasteiger partial charge in [-0.05, 0) is 43.4 Å². The number of hydrogen-bond donors (Lipinski definition) is 2. The predicted octanol–water partition coefficient (Wildman–Crippen LogP) is 3.05. The minimum absolute atomic E-state index is 0.0111. The third-order valence-electron chi connectivity index (χ3n) is 5.57. The largest absolute Gasteiger partial charge is 0.369 e. The third kappa shape index (κ3) is 3.26. The molecule has 2 fully saturated rings. The maximum Gasteiger partial charge on any atom is 0.251 e. The van der Waals surface area contributed by atoms with Crippen molar-refractivity contribution in [1.82, 2.24) is 5.32 Å². The molecule has 4 nitrogen and oxygen atoms in total. The van der Waals surface area contributed by atoms with Gasteiger partial charge in [0.2, 0.25) is 5.91 Å². The highest BCUT2D eigenvalue weighted by molar-refractivity contribution is 5.95. The van der Waals surface area contributed by atoms with Gasteiger partial charge in [-0.2, -0.15) is 0 Å². The highest BCUT2D eigenvalue weighted by atomic mass is 16.2. The summed E-state index contributed by atoms with van der Waals surface area (Å²) in [5.41, 5.74) is 6.76. The molecule has 0 bridgehead atoms. The molecule has 0 unspecified atom stereocenters. The average molecular weight is 314 g/mol. The number of primary amides is 1. The maximum absolute atomic E-state index is 12.4. The van der Waals surface area contributed by atoms with E-state index in [-0.39, 0.29) is 11.8 Å². The van der Waals surface area contributed by atoms with Crippen molar-refractivity contribution in [3.63, 3.8) is 0 Å². The second-order valence-electron chi connectivity index (χ2n) is 7.04. The van der Waals surface area contributed by atoms with E-state index in [2.05, 4.69) is 5.32 Å². The van der Waals surface area contributed by atoms with E-state index in [9.17, 15) is 9.59 Å². The molecule has 1 aromatic rings. The van der Waals surface area contributed by atoms with Gasteiger partial charge in [-0.3, -0.25) is 9.59 Å². The summed E-state index contributed by atoms with van der Waals surface area (Å²) in [4.78, 5) is 24.3. The van der Waals surface area contributed by atoms with Crippen molar-refractivity contribution in [2.24, 2.45) is 5.73 Å². The Labute approximate surface area is 137 Å². The quantitative estimate of drug-likeness (QED) is 0.896. The first-order chi connectivity index (χ1) is 11.1. The number of benzene rings is 1. The average Bonchev–Trinajstić information content (AvgIpc) is 3.07. The molecule has 3 rings (SSSR count). The molecule has 0 atom stereocenters. The summed E-state index contributed by atoms with van der Waals surface area (Å²) < 4.78 is 0. The van der Waals surface area contributed by atoms with Gasteiger partial charge in [-0.25, -0.2) is 0 Å². The van der Waals surface area contributed by atoms with E-state index in [4.69, 9.17) is 5.73 Å². The van der Waals surface area contributed by atoms with Gasteiger partial charge in [0.25, 0.3) is 5.91 Å². The first-order valence-electron chi connectivity index (χ1n) is 8.83. The van der Waals surface area contributed by atoms with Gasteiger partial charge in [-0.1, -0.05) is 44.2 Å². The number of carbonyl (C=O) groups excluding carboxylic acids is 2. The van der Waals surface area contributed by atoms with Crippen LogP contribution in [0.25, 0.3) is 0 Å². The Hall–Kier alpha value is -1.84. The molecule has 0 spiro atoms. The van der Waals surface area contributed by atoms with E-state index >= 15 is 0 Å². The van der Waals surface area contributed by atoms with Crippen LogP contribution in [0.5, 0.6) is 0 Å². The zero-order valence-corrected chi connectivity index (χ0v) is 13.6. The molecule has 124 valence electrons. The molecule has 0 aliphatic heterocycles. The second kappa shape index (κ2) is 6.73. The van der Waals surface area contributed by atoms with Gasteiger partial charge in [0.1, 0.15) is 0 Å². The molecule has 1 aromatic carbocycles. The van der Waals surface area contributed by atoms with E-state index in [0.717, 1.165) is 44.1 Å². The van der Waals surface area contributed by atoms with Gasteiger partial charge in [-0.15, -0.1) is 0 Å². The number of amides is 2. The predicted molar refractivity (Wildman–Crippen MR) is 90.1 cm³/mol. The molecule has 0 heterocycles. The number of nitrogens with one attached hydrogen (secondary N) is 1. The van der Waals surface area contributed by atoms with Crippen LogP contribution in [0.1, 0.15) is 73.7 Å². The van der Waals surface area contributed by atoms with Crippen molar-refractivity contribution in [2.75, 3.05) is 0 Å². The van der Waals surface area contributed by atoms with Gasteiger partial charge in [0.15, 0.2) is 0 Å². The van der Waals surface area contributed by atoms with E-state index in [1.54, 1.807) is 0 Å². The first kappa shape index (κ1) is 16.0. The fourth-order valence-corrected chi connectivity index (χ4v) is 4.11. The van der Waals surface area contributed by atoms with Crippen LogP contribution in [0.3, 0.4) is 0 Å². The fourth-order valence-electron chi connectivity index (χ4n) is 4.11. The van der Waals surface area contributed by atoms with Crippen LogP contribution < -0.4 is 11.1 Å². The van der Waals surface area contributed by atoms with Crippen molar-refractivity contribution in [1.29, 1.82) is 0 Å². The van der Waals surface area contributed by atoms with Crippen LogP contribution in [-0.4, -0.2) is 17.9 Å². The zero-order chi connectivity index (χ0) is 16.3. The van der Waals surface area contributed by atoms with E-state index in [1.807, 2.05) is 24.3 Å². The number of hydrogen-bond acceptors (Lipinski definition) is 2. The summed E-state index contributed by atoms with van der Waals surface area (Å²) in [6.07, 6.45) is 9.53. The lowest BCUT2D eigenvalue weighted by Crippen LogP contribution is -2.39. The lowest BCUT2D eigenvalue weighted by Gasteiger charge is -2.26. The van der Waals surface area contributed by atoms with E-state index in [0.29, 0.717) is 11.6 Å². The van der Waals surface area contributed by atoms with Crippen LogP contribution in [-0.2, 0) is 10.2 Å². The molecular formula is C19H26N2O2. The summed E-state index contributed by atoms with van der Waals surface area (Å²) in [5, 5.41) is 3.13. The minimum Gasteiger partial charge on any atom is -0.369 e. The summed E-state index contributed by atoms with van der Waals surface area (Å²) >= 11 is 0. The van der Waals surface area contributed by atoms with Crippen LogP contribution in [0.4, 0.5) is 0 Å². The molecule has 2 saturated carbocycles. The number of rotatable bonds is 4. The van der Waals surface area contributed by atoms with Crippen LogP contribution in [0.15, 0.2) is 24.3 Å². The van der Waals surface area contributed by atoms with Crippen LogP contribution >= 0.6 is 0 Å². The highest BCUT2D eigenvalue weighted by Gasteiger charge is 2.41. The van der Waals surface area contributed by atoms with Crippen LogP contribution in [0, 0.1) is 0 Å². The molecule has 0 radical (unpaired) electrons. The molecule has 0 aromatic heterocycles. The Balaban J connectivity index is 1.71. The van der Waals surface area contributed by atoms with Crippen molar-refractivity contribution in [3.05, 3.63) is 35.4 Å². The summed E-state index contributed by atoms with van der Waals surface area (Å²) in [7, 11) is 0. The summed E-state index contributed by atoms with van der Waals surface area (Å²) in [6.45, 7) is 0. The van der Waals surface area contributed by atoms with E-state index < -0.39 is 5.41 Å². The molecule has 2 aliphatic carbocycles. The number of nitrogens with two attached hydrogens (primary N) is 1. The summed E-state index contributed by atoms with van der Waals surface area (Å²) in [6, 6.07) is 7.78. The van der Waals surface area contributed by atoms with Crippen LogP contribution in [0.2, 0.25) is 0 Å². The molecular weight excluding hydrogens is 288 g/mol. The Morgan fingerprint density at radius 3 is 2.13 bits per heavy atom. The Morgan fingerprint density at radius 2 is 1.57 bits per heavy atom. The highest BCUT2D eigenvalue weighted by Crippen LogP contribution is 2.40.